The number of fused-ring (bicyclic) bond motifs is 1. The van der Waals surface area contributed by atoms with E-state index in [0.29, 0.717) is 44.9 Å². The molecule has 0 aromatic carbocycles. The van der Waals surface area contributed by atoms with Crippen molar-refractivity contribution in [2.45, 2.75) is 328 Å². The zero-order valence-electron chi connectivity index (χ0n) is 69.0. The van der Waals surface area contributed by atoms with Crippen molar-refractivity contribution in [3.05, 3.63) is 0 Å². The van der Waals surface area contributed by atoms with Crippen LogP contribution in [0, 0.1) is 29.6 Å². The van der Waals surface area contributed by atoms with Gasteiger partial charge in [0, 0.05) is 19.5 Å². The number of carbonyl (C=O) groups is 14. The zero-order valence-corrected chi connectivity index (χ0v) is 69.0. The summed E-state index contributed by atoms with van der Waals surface area (Å²) in [5.74, 6) is -15.3. The van der Waals surface area contributed by atoms with Crippen LogP contribution < -0.4 is 92.1 Å². The molecule has 2 aliphatic heterocycles. The van der Waals surface area contributed by atoms with E-state index in [1.807, 2.05) is 0 Å². The van der Waals surface area contributed by atoms with E-state index >= 15 is 4.79 Å². The van der Waals surface area contributed by atoms with Gasteiger partial charge in [0.1, 0.15) is 78.5 Å². The van der Waals surface area contributed by atoms with Crippen molar-refractivity contribution in [3.63, 3.8) is 0 Å². The standard InChI is InChI=1S/C78H144N18O16/c1-12-15-16-17-18-19-20-21-22-23-24-25-38-60(99)84-52(35-30-41-81)68(102)91-62(48(6)7)77(111)88-56-44-83-74(108)64(50(10)13-2)94-69(103)54(34-27-29-40-80)87-76(110)63(49(8)9)93-73(107)59-37-32-43-96(59)78(112)65(51(11)14-3)95-72(106)58(46-98)90-66(100)53(33-26-28-39-79)86-75(109)61(47(4)5)92-71(105)57(45-97)89-67(101)55(36-31-42-82)85-70(56)104/h47-59,61-65,97-98H,12-46,79-82H2,1-11H3,(H,83,108)(H,84,99)(H,85,104)(H,86,109)(H,87,110)(H,88,111)(H,89,101)(H,90,100)(H,91,102)(H,92,105)(H,93,107)(H,94,103)(H,95,106)/t50-,51-,52+,53+,54-,55+,56-,57-,58+,59-,61-,62-,63-,64-,65-/m0/s1. The van der Waals surface area contributed by atoms with Gasteiger partial charge in [0.25, 0.3) is 0 Å². The molecular formula is C78H144N18O16. The van der Waals surface area contributed by atoms with E-state index in [4.69, 9.17) is 22.9 Å². The average molecular weight is 1590 g/mol. The van der Waals surface area contributed by atoms with Crippen LogP contribution in [0.15, 0.2) is 0 Å². The molecule has 15 atom stereocenters. The highest BCUT2D eigenvalue weighted by molar-refractivity contribution is 6.01. The molecule has 0 unspecified atom stereocenters. The summed E-state index contributed by atoms with van der Waals surface area (Å²) in [6.45, 7) is 16.6. The van der Waals surface area contributed by atoms with Crippen molar-refractivity contribution in [2.24, 2.45) is 52.5 Å². The third-order valence-corrected chi connectivity index (χ3v) is 21.0. The second kappa shape index (κ2) is 55.7. The summed E-state index contributed by atoms with van der Waals surface area (Å²) in [6.07, 6.45) is 16.1. The van der Waals surface area contributed by atoms with Crippen LogP contribution in [0.25, 0.3) is 0 Å². The fourth-order valence-electron chi connectivity index (χ4n) is 13.3. The van der Waals surface area contributed by atoms with Crippen LogP contribution in [0.4, 0.5) is 0 Å². The van der Waals surface area contributed by atoms with E-state index in [0.717, 1.165) is 25.7 Å². The van der Waals surface area contributed by atoms with Crippen LogP contribution in [0.5, 0.6) is 0 Å². The molecule has 2 fully saturated rings. The lowest BCUT2D eigenvalue weighted by Crippen LogP contribution is -2.63. The third kappa shape index (κ3) is 35.8. The number of nitrogens with two attached hydrogens (primary N) is 4. The van der Waals surface area contributed by atoms with Crippen LogP contribution in [0.1, 0.15) is 250 Å². The molecular weight excluding hydrogens is 1440 g/mol. The monoisotopic (exact) mass is 1590 g/mol. The Bertz CT molecular complexity index is 2930. The third-order valence-electron chi connectivity index (χ3n) is 21.0. The highest BCUT2D eigenvalue weighted by atomic mass is 16.3. The molecule has 2 aliphatic rings. The number of unbranched alkanes of at least 4 members (excludes halogenated alkanes) is 13. The molecule has 0 aromatic rings. The number of nitrogens with zero attached hydrogens (tertiary/aromatic N) is 1. The lowest BCUT2D eigenvalue weighted by atomic mass is 9.96. The van der Waals surface area contributed by atoms with Crippen molar-refractivity contribution in [1.82, 2.24) is 74.0 Å². The Balaban J connectivity index is 2.87. The molecule has 0 saturated carbocycles. The number of aliphatic hydroxyl groups excluding tert-OH is 2. The Morgan fingerprint density at radius 1 is 0.438 bits per heavy atom. The van der Waals surface area contributed by atoms with Gasteiger partial charge in [0.15, 0.2) is 0 Å². The highest BCUT2D eigenvalue weighted by Gasteiger charge is 2.43. The Kier molecular flexibility index (Phi) is 50.0. The first-order chi connectivity index (χ1) is 53.3. The van der Waals surface area contributed by atoms with Gasteiger partial charge in [-0.2, -0.15) is 0 Å². The average Bonchev–Trinajstić information content (AvgIpc) is 1.54. The Hall–Kier alpha value is -7.66. The van der Waals surface area contributed by atoms with Crippen LogP contribution >= 0.6 is 0 Å². The minimum atomic E-state index is -1.82. The number of aliphatic hydroxyl groups is 2. The predicted molar refractivity (Wildman–Crippen MR) is 427 cm³/mol. The molecule has 14 amide bonds. The fraction of sp³-hybridized carbons (Fsp3) is 0.821. The number of hydrogen-bond acceptors (Lipinski definition) is 20. The molecule has 34 nitrogen and oxygen atoms in total. The number of carbonyl (C=O) groups excluding carboxylic acids is 14. The van der Waals surface area contributed by atoms with E-state index in [1.54, 1.807) is 69.2 Å². The molecule has 0 spiro atoms. The van der Waals surface area contributed by atoms with Crippen molar-refractivity contribution in [1.29, 1.82) is 0 Å². The van der Waals surface area contributed by atoms with Crippen molar-refractivity contribution < 1.29 is 77.3 Å². The van der Waals surface area contributed by atoms with Crippen LogP contribution in [-0.4, -0.2) is 229 Å². The lowest BCUT2D eigenvalue weighted by Gasteiger charge is -2.33. The minimum absolute atomic E-state index is 0.00525. The van der Waals surface area contributed by atoms with Crippen molar-refractivity contribution in [3.8, 4) is 0 Å². The predicted octanol–water partition coefficient (Wildman–Crippen LogP) is -0.203. The van der Waals surface area contributed by atoms with E-state index < -0.39 is 205 Å². The molecule has 642 valence electrons. The molecule has 0 radical (unpaired) electrons. The molecule has 23 N–H and O–H groups in total. The summed E-state index contributed by atoms with van der Waals surface area (Å²) in [6, 6.07) is -18.8. The smallest absolute Gasteiger partial charge is 0.246 e. The Morgan fingerprint density at radius 3 is 1.30 bits per heavy atom. The largest absolute Gasteiger partial charge is 0.394 e. The van der Waals surface area contributed by atoms with Gasteiger partial charge < -0.3 is 107 Å². The topological polar surface area (TPSA) is 543 Å². The van der Waals surface area contributed by atoms with Gasteiger partial charge in [0.05, 0.1) is 13.2 Å². The zero-order chi connectivity index (χ0) is 84.0. The first kappa shape index (κ1) is 100. The van der Waals surface area contributed by atoms with E-state index in [-0.39, 0.29) is 96.4 Å². The molecule has 2 heterocycles. The van der Waals surface area contributed by atoms with Gasteiger partial charge in [-0.15, -0.1) is 0 Å². The normalized spacial score (nSPS) is 24.1. The van der Waals surface area contributed by atoms with Gasteiger partial charge in [-0.3, -0.25) is 67.1 Å². The number of rotatable bonds is 41. The number of nitrogens with one attached hydrogen (secondary N) is 13. The Morgan fingerprint density at radius 2 is 0.848 bits per heavy atom. The molecule has 34 heteroatoms. The van der Waals surface area contributed by atoms with Gasteiger partial charge in [-0.1, -0.05) is 160 Å². The molecule has 0 aromatic heterocycles. The SMILES string of the molecule is CCCCCCCCCCCCCCC(=O)N[C@H](CCCN)C(=O)N[C@H](C(=O)N[C@H]1CNC(=O)[C@H]([C@@H](C)CC)NC(=O)[C@H](CCCCN)NC(=O)[C@H](C(C)C)NC(=O)[C@@H]2CCCN2C(=O)[C@H]([C@@H](C)CC)NC(=O)[C@@H](CO)NC(=O)[C@@H](CCCCN)NC(=O)[C@H](C(C)C)NC(=O)[C@H](CO)NC(=O)[C@@H](CCCN)NC1=O)C(C)C. The lowest BCUT2D eigenvalue weighted by molar-refractivity contribution is -0.144. The second-order valence-corrected chi connectivity index (χ2v) is 31.3. The summed E-state index contributed by atoms with van der Waals surface area (Å²) in [5, 5.41) is 56.0. The summed E-state index contributed by atoms with van der Waals surface area (Å²) in [7, 11) is 0. The molecule has 2 rings (SSSR count). The second-order valence-electron chi connectivity index (χ2n) is 31.3. The molecule has 0 bridgehead atoms. The quantitative estimate of drug-likeness (QED) is 0.0352. The molecule has 0 aliphatic carbocycles. The van der Waals surface area contributed by atoms with Gasteiger partial charge in [-0.05, 0) is 139 Å². The van der Waals surface area contributed by atoms with Crippen molar-refractivity contribution >= 4 is 82.7 Å². The number of hydrogen-bond donors (Lipinski definition) is 19. The molecule has 112 heavy (non-hydrogen) atoms. The summed E-state index contributed by atoms with van der Waals surface area (Å²) < 4.78 is 0. The van der Waals surface area contributed by atoms with Gasteiger partial charge in [0.2, 0.25) is 82.7 Å². The van der Waals surface area contributed by atoms with Gasteiger partial charge >= 0.3 is 0 Å². The first-order valence-corrected chi connectivity index (χ1v) is 41.6. The Labute approximate surface area is 664 Å². The summed E-state index contributed by atoms with van der Waals surface area (Å²) in [4.78, 5) is 204. The van der Waals surface area contributed by atoms with E-state index in [1.165, 1.54) is 49.8 Å². The van der Waals surface area contributed by atoms with Crippen LogP contribution in [-0.2, 0) is 67.1 Å². The molecule has 2 saturated heterocycles. The summed E-state index contributed by atoms with van der Waals surface area (Å²) >= 11 is 0. The van der Waals surface area contributed by atoms with E-state index in [9.17, 15) is 72.5 Å². The number of amides is 14. The fourth-order valence-corrected chi connectivity index (χ4v) is 13.3. The first-order valence-electron chi connectivity index (χ1n) is 41.6. The van der Waals surface area contributed by atoms with Gasteiger partial charge in [-0.25, -0.2) is 0 Å². The minimum Gasteiger partial charge on any atom is -0.394 e. The van der Waals surface area contributed by atoms with E-state index in [2.05, 4.69) is 76.0 Å². The maximum absolute atomic E-state index is 15.0. The van der Waals surface area contributed by atoms with Crippen LogP contribution in [0.2, 0.25) is 0 Å². The van der Waals surface area contributed by atoms with Crippen LogP contribution in [0.3, 0.4) is 0 Å². The maximum atomic E-state index is 15.0. The highest BCUT2D eigenvalue weighted by Crippen LogP contribution is 2.24. The maximum Gasteiger partial charge on any atom is 0.246 e. The van der Waals surface area contributed by atoms with Crippen molar-refractivity contribution in [2.75, 3.05) is 52.5 Å². The summed E-state index contributed by atoms with van der Waals surface area (Å²) in [5.41, 5.74) is 23.5.